The molecule has 0 saturated heterocycles. The number of rotatable bonds is 6. The van der Waals surface area contributed by atoms with E-state index in [0.717, 1.165) is 36.6 Å². The maximum absolute atomic E-state index is 6.18. The summed E-state index contributed by atoms with van der Waals surface area (Å²) in [5.74, 6) is 2.04. The van der Waals surface area contributed by atoms with Crippen LogP contribution in [0.15, 0.2) is 0 Å². The maximum Gasteiger partial charge on any atom is 0.127 e. The van der Waals surface area contributed by atoms with Crippen LogP contribution in [-0.4, -0.2) is 9.55 Å². The Balaban J connectivity index is 2.98. The lowest BCUT2D eigenvalue weighted by Gasteiger charge is -2.13. The molecule has 1 aromatic rings. The van der Waals surface area contributed by atoms with Crippen LogP contribution in [0.25, 0.3) is 0 Å². The minimum Gasteiger partial charge on any atom is -0.384 e. The van der Waals surface area contributed by atoms with Crippen LogP contribution in [0.1, 0.15) is 64.5 Å². The van der Waals surface area contributed by atoms with E-state index in [-0.39, 0.29) is 0 Å². The van der Waals surface area contributed by atoms with Crippen LogP contribution in [0.3, 0.4) is 0 Å². The largest absolute Gasteiger partial charge is 0.384 e. The first-order chi connectivity index (χ1) is 7.61. The molecule has 92 valence electrons. The van der Waals surface area contributed by atoms with Crippen molar-refractivity contribution in [2.45, 2.75) is 65.8 Å². The highest BCUT2D eigenvalue weighted by Crippen LogP contribution is 2.22. The minimum absolute atomic E-state index is 0.407. The molecule has 1 heterocycles. The van der Waals surface area contributed by atoms with E-state index in [1.165, 1.54) is 12.8 Å². The zero-order valence-corrected chi connectivity index (χ0v) is 11.1. The average Bonchev–Trinajstić information content (AvgIpc) is 2.53. The number of nitrogen functional groups attached to an aromatic ring is 1. The number of nitrogens with zero attached hydrogens (tertiary/aromatic N) is 2. The summed E-state index contributed by atoms with van der Waals surface area (Å²) in [6.07, 6.45) is 5.52. The van der Waals surface area contributed by atoms with E-state index in [1.807, 2.05) is 0 Å². The molecule has 1 rings (SSSR count). The molecule has 3 nitrogen and oxygen atoms in total. The van der Waals surface area contributed by atoms with Crippen LogP contribution in [0, 0.1) is 0 Å². The summed E-state index contributed by atoms with van der Waals surface area (Å²) < 4.78 is 2.19. The van der Waals surface area contributed by atoms with Crippen molar-refractivity contribution in [1.82, 2.24) is 9.55 Å². The van der Waals surface area contributed by atoms with Gasteiger partial charge in [0.1, 0.15) is 11.6 Å². The van der Waals surface area contributed by atoms with Crippen molar-refractivity contribution in [3.05, 3.63) is 11.5 Å². The van der Waals surface area contributed by atoms with Gasteiger partial charge in [-0.15, -0.1) is 0 Å². The number of anilines is 1. The Morgan fingerprint density at radius 2 is 1.88 bits per heavy atom. The second-order valence-corrected chi connectivity index (χ2v) is 4.68. The lowest BCUT2D eigenvalue weighted by Crippen LogP contribution is -2.09. The molecule has 0 atom stereocenters. The van der Waals surface area contributed by atoms with Gasteiger partial charge in [0.05, 0.1) is 5.69 Å². The normalized spacial score (nSPS) is 11.3. The first-order valence-electron chi connectivity index (χ1n) is 6.47. The molecule has 16 heavy (non-hydrogen) atoms. The van der Waals surface area contributed by atoms with Gasteiger partial charge in [0.25, 0.3) is 0 Å². The van der Waals surface area contributed by atoms with Crippen molar-refractivity contribution in [3.8, 4) is 0 Å². The van der Waals surface area contributed by atoms with Crippen molar-refractivity contribution in [1.29, 1.82) is 0 Å². The Morgan fingerprint density at radius 1 is 1.19 bits per heavy atom. The van der Waals surface area contributed by atoms with E-state index >= 15 is 0 Å². The van der Waals surface area contributed by atoms with Crippen LogP contribution < -0.4 is 5.73 Å². The SMILES string of the molecule is CCCCc1nc(CCC)n(C(C)C)c1N. The molecule has 1 aromatic heterocycles. The number of hydrogen-bond acceptors (Lipinski definition) is 2. The standard InChI is InChI=1S/C13H25N3/c1-5-7-9-11-13(14)16(10(3)4)12(15-11)8-6-2/h10H,5-9,14H2,1-4H3. The number of hydrogen-bond donors (Lipinski definition) is 1. The lowest BCUT2D eigenvalue weighted by atomic mass is 10.2. The van der Waals surface area contributed by atoms with Crippen LogP contribution in [0.5, 0.6) is 0 Å². The van der Waals surface area contributed by atoms with Gasteiger partial charge in [-0.25, -0.2) is 4.98 Å². The van der Waals surface area contributed by atoms with Crippen LogP contribution in [-0.2, 0) is 12.8 Å². The van der Waals surface area contributed by atoms with Gasteiger partial charge in [0.2, 0.25) is 0 Å². The topological polar surface area (TPSA) is 43.8 Å². The molecule has 0 unspecified atom stereocenters. The monoisotopic (exact) mass is 223 g/mol. The van der Waals surface area contributed by atoms with Gasteiger partial charge in [-0.3, -0.25) is 0 Å². The number of aromatic nitrogens is 2. The fraction of sp³-hybridized carbons (Fsp3) is 0.769. The fourth-order valence-corrected chi connectivity index (χ4v) is 2.05. The molecular formula is C13H25N3. The average molecular weight is 223 g/mol. The van der Waals surface area contributed by atoms with Crippen LogP contribution in [0.4, 0.5) is 5.82 Å². The van der Waals surface area contributed by atoms with E-state index < -0.39 is 0 Å². The van der Waals surface area contributed by atoms with Gasteiger partial charge >= 0.3 is 0 Å². The van der Waals surface area contributed by atoms with Gasteiger partial charge in [0.15, 0.2) is 0 Å². The van der Waals surface area contributed by atoms with Crippen LogP contribution in [0.2, 0.25) is 0 Å². The highest BCUT2D eigenvalue weighted by atomic mass is 15.2. The van der Waals surface area contributed by atoms with Crippen molar-refractivity contribution in [2.24, 2.45) is 0 Å². The minimum atomic E-state index is 0.407. The van der Waals surface area contributed by atoms with Gasteiger partial charge in [-0.1, -0.05) is 20.3 Å². The number of aryl methyl sites for hydroxylation is 2. The summed E-state index contributed by atoms with van der Waals surface area (Å²) in [7, 11) is 0. The number of imidazole rings is 1. The van der Waals surface area contributed by atoms with Gasteiger partial charge in [0, 0.05) is 12.5 Å². The quantitative estimate of drug-likeness (QED) is 0.803. The first kappa shape index (κ1) is 13.1. The molecule has 0 aliphatic rings. The third-order valence-electron chi connectivity index (χ3n) is 2.85. The summed E-state index contributed by atoms with van der Waals surface area (Å²) in [6, 6.07) is 0.407. The van der Waals surface area contributed by atoms with E-state index in [0.29, 0.717) is 6.04 Å². The highest BCUT2D eigenvalue weighted by Gasteiger charge is 2.15. The Bertz CT molecular complexity index is 326. The van der Waals surface area contributed by atoms with Crippen LogP contribution >= 0.6 is 0 Å². The molecule has 2 N–H and O–H groups in total. The highest BCUT2D eigenvalue weighted by molar-refractivity contribution is 5.39. The van der Waals surface area contributed by atoms with E-state index in [9.17, 15) is 0 Å². The van der Waals surface area contributed by atoms with Crippen molar-refractivity contribution >= 4 is 5.82 Å². The number of nitrogens with two attached hydrogens (primary N) is 1. The van der Waals surface area contributed by atoms with E-state index in [2.05, 4.69) is 32.3 Å². The summed E-state index contributed by atoms with van der Waals surface area (Å²) in [4.78, 5) is 4.70. The second-order valence-electron chi connectivity index (χ2n) is 4.68. The molecule has 0 amide bonds. The predicted octanol–water partition coefficient (Wildman–Crippen LogP) is 3.34. The Labute approximate surface area is 99.1 Å². The first-order valence-corrected chi connectivity index (χ1v) is 6.47. The van der Waals surface area contributed by atoms with E-state index in [4.69, 9.17) is 10.7 Å². The molecule has 0 saturated carbocycles. The zero-order chi connectivity index (χ0) is 12.1. The molecule has 0 radical (unpaired) electrons. The third-order valence-corrected chi connectivity index (χ3v) is 2.85. The summed E-state index contributed by atoms with van der Waals surface area (Å²) in [5.41, 5.74) is 7.27. The molecule has 3 heteroatoms. The van der Waals surface area contributed by atoms with Gasteiger partial charge in [-0.2, -0.15) is 0 Å². The van der Waals surface area contributed by atoms with Gasteiger partial charge in [-0.05, 0) is 33.1 Å². The third kappa shape index (κ3) is 2.77. The predicted molar refractivity (Wildman–Crippen MR) is 69.6 cm³/mol. The molecule has 0 aliphatic heterocycles. The van der Waals surface area contributed by atoms with Crippen molar-refractivity contribution < 1.29 is 0 Å². The molecule has 0 aromatic carbocycles. The molecule has 0 spiro atoms. The Kier molecular flexibility index (Phi) is 4.84. The van der Waals surface area contributed by atoms with Gasteiger partial charge < -0.3 is 10.3 Å². The summed E-state index contributed by atoms with van der Waals surface area (Å²) >= 11 is 0. The number of unbranched alkanes of at least 4 members (excludes halogenated alkanes) is 1. The summed E-state index contributed by atoms with van der Waals surface area (Å²) in [5, 5.41) is 0. The molecule has 0 bridgehead atoms. The fourth-order valence-electron chi connectivity index (χ4n) is 2.05. The van der Waals surface area contributed by atoms with Crippen molar-refractivity contribution in [2.75, 3.05) is 5.73 Å². The zero-order valence-electron chi connectivity index (χ0n) is 11.1. The van der Waals surface area contributed by atoms with E-state index in [1.54, 1.807) is 0 Å². The molecule has 0 aliphatic carbocycles. The smallest absolute Gasteiger partial charge is 0.127 e. The van der Waals surface area contributed by atoms with Crippen molar-refractivity contribution in [3.63, 3.8) is 0 Å². The molecule has 0 fully saturated rings. The lowest BCUT2D eigenvalue weighted by molar-refractivity contribution is 0.571. The Hall–Kier alpha value is -0.990. The second kappa shape index (κ2) is 5.92. The molecular weight excluding hydrogens is 198 g/mol. The maximum atomic E-state index is 6.18. The summed E-state index contributed by atoms with van der Waals surface area (Å²) in [6.45, 7) is 8.71. The Morgan fingerprint density at radius 3 is 2.38 bits per heavy atom.